The van der Waals surface area contributed by atoms with Crippen LogP contribution in [0, 0.1) is 11.7 Å². The Bertz CT molecular complexity index is 636. The van der Waals surface area contributed by atoms with Gasteiger partial charge < -0.3 is 15.1 Å². The Morgan fingerprint density at radius 2 is 1.96 bits per heavy atom. The number of carbonyl (C=O) groups is 2. The van der Waals surface area contributed by atoms with Crippen molar-refractivity contribution in [2.24, 2.45) is 5.92 Å². The number of aliphatic hydroxyl groups excluding tert-OH is 1. The SMILES string of the molecule is CN(CC(=O)O)[C@@H]1CN(C(=O)[C@H]2C[C@H]2c2ccc(F)cc2)C[C@H]1O. The number of hydrogen-bond donors (Lipinski definition) is 2. The minimum absolute atomic E-state index is 0.0189. The van der Waals surface area contributed by atoms with Crippen molar-refractivity contribution >= 4 is 11.9 Å². The molecule has 2 aliphatic rings. The zero-order chi connectivity index (χ0) is 17.4. The maximum Gasteiger partial charge on any atom is 0.317 e. The van der Waals surface area contributed by atoms with Crippen molar-refractivity contribution in [3.8, 4) is 0 Å². The van der Waals surface area contributed by atoms with Gasteiger partial charge in [0.05, 0.1) is 18.7 Å². The molecule has 0 bridgehead atoms. The van der Waals surface area contributed by atoms with E-state index in [9.17, 15) is 19.1 Å². The fourth-order valence-corrected chi connectivity index (χ4v) is 3.49. The summed E-state index contributed by atoms with van der Waals surface area (Å²) >= 11 is 0. The number of β-amino-alcohol motifs (C(OH)–C–C–N with tert-alkyl or cyclic N) is 1. The first-order valence-electron chi connectivity index (χ1n) is 8.01. The molecule has 24 heavy (non-hydrogen) atoms. The lowest BCUT2D eigenvalue weighted by Crippen LogP contribution is -2.43. The number of hydrogen-bond acceptors (Lipinski definition) is 4. The van der Waals surface area contributed by atoms with E-state index in [2.05, 4.69) is 0 Å². The fourth-order valence-electron chi connectivity index (χ4n) is 3.49. The predicted molar refractivity (Wildman–Crippen MR) is 83.9 cm³/mol. The van der Waals surface area contributed by atoms with E-state index in [1.807, 2.05) is 0 Å². The number of nitrogens with zero attached hydrogens (tertiary/aromatic N) is 2. The predicted octanol–water partition coefficient (Wildman–Crippen LogP) is 0.517. The number of aliphatic hydroxyl groups is 1. The molecule has 4 atom stereocenters. The van der Waals surface area contributed by atoms with Gasteiger partial charge in [-0.15, -0.1) is 0 Å². The lowest BCUT2D eigenvalue weighted by molar-refractivity contribution is -0.138. The third kappa shape index (κ3) is 3.42. The fraction of sp³-hybridized carbons (Fsp3) is 0.529. The number of likely N-dealkylation sites (N-methyl/N-ethyl adjacent to an activating group) is 1. The number of rotatable bonds is 5. The van der Waals surface area contributed by atoms with Crippen molar-refractivity contribution in [3.63, 3.8) is 0 Å². The molecule has 1 saturated heterocycles. The topological polar surface area (TPSA) is 81.1 Å². The van der Waals surface area contributed by atoms with Gasteiger partial charge in [0.25, 0.3) is 0 Å². The summed E-state index contributed by atoms with van der Waals surface area (Å²) in [6.07, 6.45) is -0.0199. The van der Waals surface area contributed by atoms with Crippen LogP contribution in [-0.4, -0.2) is 70.7 Å². The molecule has 0 aromatic heterocycles. The summed E-state index contributed by atoms with van der Waals surface area (Å²) in [5, 5.41) is 19.0. The monoisotopic (exact) mass is 336 g/mol. The van der Waals surface area contributed by atoms with Crippen LogP contribution in [0.4, 0.5) is 4.39 Å². The summed E-state index contributed by atoms with van der Waals surface area (Å²) in [5.74, 6) is -1.31. The van der Waals surface area contributed by atoms with Crippen LogP contribution < -0.4 is 0 Å². The van der Waals surface area contributed by atoms with Crippen LogP contribution in [0.5, 0.6) is 0 Å². The van der Waals surface area contributed by atoms with E-state index >= 15 is 0 Å². The molecule has 2 fully saturated rings. The van der Waals surface area contributed by atoms with Gasteiger partial charge in [-0.25, -0.2) is 4.39 Å². The van der Waals surface area contributed by atoms with Crippen molar-refractivity contribution in [2.45, 2.75) is 24.5 Å². The molecule has 2 N–H and O–H groups in total. The highest BCUT2D eigenvalue weighted by Crippen LogP contribution is 2.48. The van der Waals surface area contributed by atoms with Gasteiger partial charge in [0.1, 0.15) is 5.82 Å². The van der Waals surface area contributed by atoms with Gasteiger partial charge >= 0.3 is 5.97 Å². The van der Waals surface area contributed by atoms with E-state index < -0.39 is 12.1 Å². The Labute approximate surface area is 139 Å². The molecule has 1 aromatic carbocycles. The first-order valence-corrected chi connectivity index (χ1v) is 8.01. The Kier molecular flexibility index (Phi) is 4.56. The van der Waals surface area contributed by atoms with Crippen LogP contribution in [-0.2, 0) is 9.59 Å². The average Bonchev–Trinajstić information content (AvgIpc) is 3.22. The summed E-state index contributed by atoms with van der Waals surface area (Å²) in [6, 6.07) is 5.83. The van der Waals surface area contributed by atoms with Crippen LogP contribution >= 0.6 is 0 Å². The number of carboxylic acids is 1. The molecule has 1 aliphatic carbocycles. The van der Waals surface area contributed by atoms with Gasteiger partial charge in [-0.05, 0) is 37.1 Å². The molecule has 1 aliphatic heterocycles. The van der Waals surface area contributed by atoms with E-state index in [4.69, 9.17) is 5.11 Å². The largest absolute Gasteiger partial charge is 0.480 e. The van der Waals surface area contributed by atoms with Gasteiger partial charge in [-0.3, -0.25) is 14.5 Å². The van der Waals surface area contributed by atoms with Crippen LogP contribution in [0.15, 0.2) is 24.3 Å². The summed E-state index contributed by atoms with van der Waals surface area (Å²) in [5.41, 5.74) is 0.953. The van der Waals surface area contributed by atoms with Crippen molar-refractivity contribution in [1.29, 1.82) is 0 Å². The van der Waals surface area contributed by atoms with Gasteiger partial charge in [0, 0.05) is 19.0 Å². The molecule has 3 rings (SSSR count). The highest BCUT2D eigenvalue weighted by atomic mass is 19.1. The standard InChI is InChI=1S/C17H21FN2O4/c1-19(9-16(22)23)14-7-20(8-15(14)21)17(24)13-6-12(13)10-2-4-11(18)5-3-10/h2-5,12-15,21H,6-9H2,1H3,(H,22,23)/t12-,13-,14+,15+/m0/s1. The number of carbonyl (C=O) groups excluding carboxylic acids is 1. The van der Waals surface area contributed by atoms with E-state index in [0.29, 0.717) is 6.54 Å². The second kappa shape index (κ2) is 6.49. The van der Waals surface area contributed by atoms with Gasteiger partial charge in [0.2, 0.25) is 5.91 Å². The first kappa shape index (κ1) is 16.9. The van der Waals surface area contributed by atoms with E-state index in [1.165, 1.54) is 12.1 Å². The second-order valence-electron chi connectivity index (χ2n) is 6.69. The Morgan fingerprint density at radius 3 is 2.58 bits per heavy atom. The Morgan fingerprint density at radius 1 is 1.29 bits per heavy atom. The van der Waals surface area contributed by atoms with Crippen LogP contribution in [0.3, 0.4) is 0 Å². The molecule has 1 aromatic rings. The number of amides is 1. The molecule has 7 heteroatoms. The summed E-state index contributed by atoms with van der Waals surface area (Å²) in [4.78, 5) is 26.6. The maximum absolute atomic E-state index is 13.0. The highest BCUT2D eigenvalue weighted by Gasteiger charge is 2.48. The molecule has 6 nitrogen and oxygen atoms in total. The number of likely N-dealkylation sites (tertiary alicyclic amines) is 1. The molecular formula is C17H21FN2O4. The third-order valence-corrected chi connectivity index (χ3v) is 4.93. The van der Waals surface area contributed by atoms with Gasteiger partial charge in [0.15, 0.2) is 0 Å². The van der Waals surface area contributed by atoms with E-state index in [1.54, 1.807) is 29.0 Å². The molecule has 1 saturated carbocycles. The third-order valence-electron chi connectivity index (χ3n) is 4.93. The van der Waals surface area contributed by atoms with E-state index in [-0.39, 0.29) is 42.7 Å². The second-order valence-corrected chi connectivity index (χ2v) is 6.69. The first-order chi connectivity index (χ1) is 11.4. The average molecular weight is 336 g/mol. The summed E-state index contributed by atoms with van der Waals surface area (Å²) in [6.45, 7) is 0.377. The maximum atomic E-state index is 13.0. The number of aliphatic carboxylic acids is 1. The minimum atomic E-state index is -0.965. The molecule has 0 spiro atoms. The van der Waals surface area contributed by atoms with Crippen molar-refractivity contribution in [3.05, 3.63) is 35.6 Å². The van der Waals surface area contributed by atoms with Crippen molar-refractivity contribution in [2.75, 3.05) is 26.7 Å². The molecule has 130 valence electrons. The van der Waals surface area contributed by atoms with Crippen LogP contribution in [0.2, 0.25) is 0 Å². The quantitative estimate of drug-likeness (QED) is 0.819. The summed E-state index contributed by atoms with van der Waals surface area (Å²) in [7, 11) is 1.63. The normalized spacial score (nSPS) is 29.1. The number of benzene rings is 1. The van der Waals surface area contributed by atoms with Crippen LogP contribution in [0.1, 0.15) is 17.9 Å². The number of carboxylic acid groups (broad SMARTS) is 1. The molecule has 0 radical (unpaired) electrons. The smallest absolute Gasteiger partial charge is 0.317 e. The van der Waals surface area contributed by atoms with Gasteiger partial charge in [-0.1, -0.05) is 12.1 Å². The lowest BCUT2D eigenvalue weighted by Gasteiger charge is -2.24. The van der Waals surface area contributed by atoms with Crippen LogP contribution in [0.25, 0.3) is 0 Å². The molecule has 1 heterocycles. The van der Waals surface area contributed by atoms with Crippen molar-refractivity contribution < 1.29 is 24.2 Å². The lowest BCUT2D eigenvalue weighted by atomic mass is 10.1. The zero-order valence-corrected chi connectivity index (χ0v) is 13.4. The Hall–Kier alpha value is -1.99. The Balaban J connectivity index is 1.59. The van der Waals surface area contributed by atoms with E-state index in [0.717, 1.165) is 12.0 Å². The van der Waals surface area contributed by atoms with Crippen molar-refractivity contribution in [1.82, 2.24) is 9.80 Å². The zero-order valence-electron chi connectivity index (χ0n) is 13.4. The number of halogens is 1. The van der Waals surface area contributed by atoms with Gasteiger partial charge in [-0.2, -0.15) is 0 Å². The minimum Gasteiger partial charge on any atom is -0.480 e. The molecule has 0 unspecified atom stereocenters. The molecular weight excluding hydrogens is 315 g/mol. The highest BCUT2D eigenvalue weighted by molar-refractivity contribution is 5.83. The molecule has 1 amide bonds. The summed E-state index contributed by atoms with van der Waals surface area (Å²) < 4.78 is 13.0.